The van der Waals surface area contributed by atoms with Crippen LogP contribution in [-0.2, 0) is 16.4 Å². The number of anilines is 1. The lowest BCUT2D eigenvalue weighted by atomic mass is 10.1. The van der Waals surface area contributed by atoms with Crippen molar-refractivity contribution in [2.24, 2.45) is 0 Å². The molecule has 1 aliphatic rings. The predicted molar refractivity (Wildman–Crippen MR) is 101 cm³/mol. The van der Waals surface area contributed by atoms with E-state index in [0.717, 1.165) is 5.56 Å². The van der Waals surface area contributed by atoms with Crippen LogP contribution in [0.25, 0.3) is 0 Å². The van der Waals surface area contributed by atoms with Gasteiger partial charge in [0.25, 0.3) is 5.91 Å². The number of amides is 1. The highest BCUT2D eigenvalue weighted by atomic mass is 32.2. The molecule has 0 aromatic heterocycles. The third-order valence-corrected chi connectivity index (χ3v) is 6.20. The second-order valence-corrected chi connectivity index (χ2v) is 8.35. The number of carbonyl (C=O) groups is 1. The molecule has 26 heavy (non-hydrogen) atoms. The predicted octanol–water partition coefficient (Wildman–Crippen LogP) is 1.56. The summed E-state index contributed by atoms with van der Waals surface area (Å²) in [5.74, 6) is -0.137. The number of hydrogen-bond donors (Lipinski definition) is 2. The van der Waals surface area contributed by atoms with Crippen LogP contribution in [0.1, 0.15) is 22.3 Å². The Labute approximate surface area is 153 Å². The van der Waals surface area contributed by atoms with E-state index in [4.69, 9.17) is 0 Å². The van der Waals surface area contributed by atoms with Crippen LogP contribution in [0.3, 0.4) is 0 Å². The molecule has 0 bridgehead atoms. The molecule has 0 spiro atoms. The van der Waals surface area contributed by atoms with Crippen LogP contribution < -0.4 is 9.62 Å². The maximum Gasteiger partial charge on any atom is 0.251 e. The fraction of sp³-hybridized carbons (Fsp3) is 0.316. The number of nitrogens with zero attached hydrogens (tertiary/aromatic N) is 1. The van der Waals surface area contributed by atoms with Gasteiger partial charge in [0.15, 0.2) is 0 Å². The average Bonchev–Trinajstić information content (AvgIpc) is 3.00. The molecule has 7 heteroatoms. The molecule has 1 unspecified atom stereocenters. The topological polar surface area (TPSA) is 86.7 Å². The van der Waals surface area contributed by atoms with Gasteiger partial charge in [-0.2, -0.15) is 0 Å². The molecule has 2 aromatic rings. The largest absolute Gasteiger partial charge is 0.391 e. The van der Waals surface area contributed by atoms with E-state index in [0.29, 0.717) is 30.6 Å². The van der Waals surface area contributed by atoms with Gasteiger partial charge in [-0.25, -0.2) is 8.42 Å². The van der Waals surface area contributed by atoms with Crippen LogP contribution >= 0.6 is 0 Å². The zero-order chi connectivity index (χ0) is 18.6. The van der Waals surface area contributed by atoms with Crippen molar-refractivity contribution in [1.82, 2.24) is 5.32 Å². The molecule has 0 saturated carbocycles. The molecule has 1 atom stereocenters. The van der Waals surface area contributed by atoms with Crippen molar-refractivity contribution in [2.45, 2.75) is 18.9 Å². The third-order valence-electron chi connectivity index (χ3n) is 4.33. The summed E-state index contributed by atoms with van der Waals surface area (Å²) >= 11 is 0. The molecule has 1 amide bonds. The summed E-state index contributed by atoms with van der Waals surface area (Å²) in [4.78, 5) is 12.2. The molecule has 1 heterocycles. The SMILES string of the molecule is O=C(NCC(O)Cc1ccccc1)c1ccc(N2CCCS2(=O)=O)cc1. The number of benzene rings is 2. The van der Waals surface area contributed by atoms with Gasteiger partial charge in [0.2, 0.25) is 10.0 Å². The van der Waals surface area contributed by atoms with E-state index >= 15 is 0 Å². The van der Waals surface area contributed by atoms with Gasteiger partial charge in [0, 0.05) is 25.1 Å². The van der Waals surface area contributed by atoms with Crippen molar-refractivity contribution in [3.63, 3.8) is 0 Å². The van der Waals surface area contributed by atoms with Crippen LogP contribution in [-0.4, -0.2) is 44.4 Å². The van der Waals surface area contributed by atoms with E-state index < -0.39 is 16.1 Å². The fourth-order valence-corrected chi connectivity index (χ4v) is 4.54. The van der Waals surface area contributed by atoms with Crippen LogP contribution in [0, 0.1) is 0 Å². The summed E-state index contributed by atoms with van der Waals surface area (Å²) in [7, 11) is -3.22. The summed E-state index contributed by atoms with van der Waals surface area (Å²) < 4.78 is 25.2. The molecular weight excluding hydrogens is 352 g/mol. The van der Waals surface area contributed by atoms with Crippen LogP contribution in [0.2, 0.25) is 0 Å². The summed E-state index contributed by atoms with van der Waals surface area (Å²) in [6.07, 6.45) is 0.409. The summed E-state index contributed by atoms with van der Waals surface area (Å²) in [5.41, 5.74) is 2.01. The third kappa shape index (κ3) is 4.42. The number of aliphatic hydroxyl groups excluding tert-OH is 1. The molecule has 6 nitrogen and oxygen atoms in total. The van der Waals surface area contributed by atoms with Gasteiger partial charge in [-0.1, -0.05) is 30.3 Å². The lowest BCUT2D eigenvalue weighted by molar-refractivity contribution is 0.0916. The standard InChI is InChI=1S/C19H22N2O4S/c22-18(13-15-5-2-1-3-6-15)14-20-19(23)16-7-9-17(10-8-16)21-11-4-12-26(21,24)25/h1-3,5-10,18,22H,4,11-14H2,(H,20,23). The highest BCUT2D eigenvalue weighted by Crippen LogP contribution is 2.24. The Bertz CT molecular complexity index is 851. The number of nitrogens with one attached hydrogen (secondary N) is 1. The Balaban J connectivity index is 1.55. The molecule has 0 aliphatic carbocycles. The number of rotatable bonds is 6. The molecule has 138 valence electrons. The number of sulfonamides is 1. The van der Waals surface area contributed by atoms with Crippen molar-refractivity contribution >= 4 is 21.6 Å². The molecule has 2 aromatic carbocycles. The Morgan fingerprint density at radius 2 is 1.81 bits per heavy atom. The monoisotopic (exact) mass is 374 g/mol. The van der Waals surface area contributed by atoms with Gasteiger partial charge in [0.05, 0.1) is 17.5 Å². The maximum absolute atomic E-state index is 12.2. The highest BCUT2D eigenvalue weighted by molar-refractivity contribution is 7.93. The Morgan fingerprint density at radius 1 is 1.12 bits per heavy atom. The van der Waals surface area contributed by atoms with Crippen molar-refractivity contribution in [3.8, 4) is 0 Å². The quantitative estimate of drug-likeness (QED) is 0.803. The fourth-order valence-electron chi connectivity index (χ4n) is 2.98. The van der Waals surface area contributed by atoms with Crippen molar-refractivity contribution in [1.29, 1.82) is 0 Å². The average molecular weight is 374 g/mol. The summed E-state index contributed by atoms with van der Waals surface area (Å²) in [6.45, 7) is 0.621. The second kappa shape index (κ2) is 7.88. The molecular formula is C19H22N2O4S. The lowest BCUT2D eigenvalue weighted by Crippen LogP contribution is -2.33. The van der Waals surface area contributed by atoms with E-state index in [9.17, 15) is 18.3 Å². The van der Waals surface area contributed by atoms with E-state index in [1.165, 1.54) is 4.31 Å². The van der Waals surface area contributed by atoms with Gasteiger partial charge >= 0.3 is 0 Å². The van der Waals surface area contributed by atoms with Gasteiger partial charge in [-0.3, -0.25) is 9.10 Å². The lowest BCUT2D eigenvalue weighted by Gasteiger charge is -2.17. The van der Waals surface area contributed by atoms with Gasteiger partial charge in [-0.15, -0.1) is 0 Å². The molecule has 1 aliphatic heterocycles. The first-order valence-electron chi connectivity index (χ1n) is 8.56. The summed E-state index contributed by atoms with van der Waals surface area (Å²) in [5, 5.41) is 12.8. The van der Waals surface area contributed by atoms with E-state index in [2.05, 4.69) is 5.32 Å². The smallest absolute Gasteiger partial charge is 0.251 e. The van der Waals surface area contributed by atoms with Crippen molar-refractivity contribution < 1.29 is 18.3 Å². The number of aliphatic hydroxyl groups is 1. The van der Waals surface area contributed by atoms with Crippen molar-refractivity contribution in [3.05, 3.63) is 65.7 Å². The van der Waals surface area contributed by atoms with Gasteiger partial charge in [0.1, 0.15) is 0 Å². The normalized spacial score (nSPS) is 17.0. The Morgan fingerprint density at radius 3 is 2.42 bits per heavy atom. The zero-order valence-corrected chi connectivity index (χ0v) is 15.2. The number of hydrogen-bond acceptors (Lipinski definition) is 4. The second-order valence-electron chi connectivity index (χ2n) is 6.34. The molecule has 2 N–H and O–H groups in total. The minimum atomic E-state index is -3.22. The van der Waals surface area contributed by atoms with Crippen molar-refractivity contribution in [2.75, 3.05) is 23.1 Å². The molecule has 1 fully saturated rings. The number of carbonyl (C=O) groups excluding carboxylic acids is 1. The van der Waals surface area contributed by atoms with Gasteiger partial charge < -0.3 is 10.4 Å². The summed E-state index contributed by atoms with van der Waals surface area (Å²) in [6, 6.07) is 16.0. The maximum atomic E-state index is 12.2. The highest BCUT2D eigenvalue weighted by Gasteiger charge is 2.28. The zero-order valence-electron chi connectivity index (χ0n) is 14.3. The molecule has 0 radical (unpaired) electrons. The first-order valence-corrected chi connectivity index (χ1v) is 10.2. The van der Waals surface area contributed by atoms with Crippen LogP contribution in [0.5, 0.6) is 0 Å². The van der Waals surface area contributed by atoms with E-state index in [-0.39, 0.29) is 18.2 Å². The Hall–Kier alpha value is -2.38. The van der Waals surface area contributed by atoms with Gasteiger partial charge in [-0.05, 0) is 36.2 Å². The molecule has 1 saturated heterocycles. The van der Waals surface area contributed by atoms with Crippen LogP contribution in [0.4, 0.5) is 5.69 Å². The van der Waals surface area contributed by atoms with Crippen LogP contribution in [0.15, 0.2) is 54.6 Å². The Kier molecular flexibility index (Phi) is 5.58. The first-order chi connectivity index (χ1) is 12.5. The van der Waals surface area contributed by atoms with E-state index in [1.807, 2.05) is 30.3 Å². The first kappa shape index (κ1) is 18.4. The minimum Gasteiger partial charge on any atom is -0.391 e. The minimum absolute atomic E-state index is 0.149. The molecule has 3 rings (SSSR count). The van der Waals surface area contributed by atoms with E-state index in [1.54, 1.807) is 24.3 Å².